The van der Waals surface area contributed by atoms with Crippen LogP contribution in [0.1, 0.15) is 24.1 Å². The van der Waals surface area contributed by atoms with Gasteiger partial charge in [0.1, 0.15) is 5.75 Å². The number of nitrogens with one attached hydrogen (secondary N) is 2. The van der Waals surface area contributed by atoms with Crippen molar-refractivity contribution >= 4 is 56.6 Å². The van der Waals surface area contributed by atoms with Crippen LogP contribution in [-0.4, -0.2) is 28.4 Å². The largest absolute Gasteiger partial charge is 0.507 e. The molecule has 0 saturated heterocycles. The fourth-order valence-corrected chi connectivity index (χ4v) is 4.67. The number of aromatic amines is 1. The van der Waals surface area contributed by atoms with Crippen LogP contribution in [-0.2, 0) is 4.79 Å². The smallest absolute Gasteiger partial charge is 0.221 e. The van der Waals surface area contributed by atoms with Crippen LogP contribution in [0.5, 0.6) is 5.75 Å². The fraction of sp³-hybridized carbons (Fsp3) is 0.160. The van der Waals surface area contributed by atoms with Crippen LogP contribution in [0, 0.1) is 0 Å². The molecule has 0 fully saturated rings. The van der Waals surface area contributed by atoms with Gasteiger partial charge in [-0.15, -0.1) is 11.6 Å². The summed E-state index contributed by atoms with van der Waals surface area (Å²) < 4.78 is 0. The van der Waals surface area contributed by atoms with Crippen LogP contribution >= 0.6 is 11.6 Å². The number of benzene rings is 3. The van der Waals surface area contributed by atoms with Gasteiger partial charge < -0.3 is 20.3 Å². The third-order valence-corrected chi connectivity index (χ3v) is 6.13. The van der Waals surface area contributed by atoms with E-state index in [9.17, 15) is 9.90 Å². The Hall–Kier alpha value is -3.44. The Morgan fingerprint density at radius 3 is 2.81 bits per heavy atom. The van der Waals surface area contributed by atoms with E-state index >= 15 is 0 Å². The summed E-state index contributed by atoms with van der Waals surface area (Å²) in [5, 5.41) is 16.3. The van der Waals surface area contributed by atoms with E-state index in [-0.39, 0.29) is 17.6 Å². The lowest BCUT2D eigenvalue weighted by Gasteiger charge is -2.15. The van der Waals surface area contributed by atoms with Gasteiger partial charge in [0.15, 0.2) is 0 Å². The number of hydrogen-bond donors (Lipinski definition) is 3. The molecule has 5 nitrogen and oxygen atoms in total. The number of halogens is 1. The lowest BCUT2D eigenvalue weighted by Crippen LogP contribution is -2.14. The zero-order chi connectivity index (χ0) is 21.5. The van der Waals surface area contributed by atoms with Gasteiger partial charge in [-0.25, -0.2) is 0 Å². The molecule has 1 amide bonds. The summed E-state index contributed by atoms with van der Waals surface area (Å²) in [6.07, 6.45) is 4.05. The molecule has 0 bridgehead atoms. The highest BCUT2D eigenvalue weighted by atomic mass is 35.5. The first kappa shape index (κ1) is 19.5. The molecule has 1 aromatic heterocycles. The summed E-state index contributed by atoms with van der Waals surface area (Å²) in [7, 11) is 0. The molecule has 156 valence electrons. The second-order valence-corrected chi connectivity index (χ2v) is 8.21. The van der Waals surface area contributed by atoms with E-state index in [2.05, 4.69) is 15.2 Å². The molecule has 1 atom stereocenters. The summed E-state index contributed by atoms with van der Waals surface area (Å²) in [5.74, 6) is 0.894. The second-order valence-electron chi connectivity index (χ2n) is 7.90. The van der Waals surface area contributed by atoms with E-state index in [1.807, 2.05) is 66.9 Å². The van der Waals surface area contributed by atoms with Crippen molar-refractivity contribution in [1.29, 1.82) is 0 Å². The number of alkyl halides is 1. The molecule has 0 saturated carbocycles. The molecular formula is C25H22ClN3O2. The SMILES string of the molecule is CC(=O)Nc1ccc2[nH]c(/C=C/N3CC(CCl)c4c3cc(O)c3ccccc43)cc2c1. The van der Waals surface area contributed by atoms with Gasteiger partial charge in [-0.2, -0.15) is 0 Å². The highest BCUT2D eigenvalue weighted by Crippen LogP contribution is 2.45. The molecule has 0 aliphatic carbocycles. The quantitative estimate of drug-likeness (QED) is 0.358. The average molecular weight is 432 g/mol. The molecule has 0 radical (unpaired) electrons. The number of aromatic nitrogens is 1. The number of aromatic hydroxyl groups is 1. The van der Waals surface area contributed by atoms with Gasteiger partial charge in [-0.05, 0) is 41.3 Å². The number of nitrogens with zero attached hydrogens (tertiary/aromatic N) is 1. The lowest BCUT2D eigenvalue weighted by atomic mass is 9.95. The number of amides is 1. The summed E-state index contributed by atoms with van der Waals surface area (Å²) in [4.78, 5) is 16.8. The van der Waals surface area contributed by atoms with Gasteiger partial charge in [0.2, 0.25) is 5.91 Å². The van der Waals surface area contributed by atoms with Crippen LogP contribution in [0.25, 0.3) is 27.8 Å². The predicted octanol–water partition coefficient (Wildman–Crippen LogP) is 5.80. The number of H-pyrrole nitrogens is 1. The molecule has 0 spiro atoms. The predicted molar refractivity (Wildman–Crippen MR) is 128 cm³/mol. The van der Waals surface area contributed by atoms with Crippen LogP contribution in [0.15, 0.2) is 60.8 Å². The number of phenolic OH excluding ortho intramolecular Hbond substituents is 1. The molecule has 31 heavy (non-hydrogen) atoms. The van der Waals surface area contributed by atoms with Crippen molar-refractivity contribution in [1.82, 2.24) is 4.98 Å². The Kier molecular flexibility index (Phi) is 4.83. The normalized spacial score (nSPS) is 15.8. The third-order valence-electron chi connectivity index (χ3n) is 5.76. The van der Waals surface area contributed by atoms with E-state index in [1.54, 1.807) is 0 Å². The monoisotopic (exact) mass is 431 g/mol. The first-order chi connectivity index (χ1) is 15.0. The Bertz CT molecular complexity index is 1340. The van der Waals surface area contributed by atoms with Crippen molar-refractivity contribution in [3.63, 3.8) is 0 Å². The van der Waals surface area contributed by atoms with Crippen LogP contribution in [0.2, 0.25) is 0 Å². The minimum atomic E-state index is -0.0904. The number of phenols is 1. The molecule has 1 unspecified atom stereocenters. The zero-order valence-electron chi connectivity index (χ0n) is 17.0. The molecule has 3 N–H and O–H groups in total. The lowest BCUT2D eigenvalue weighted by molar-refractivity contribution is -0.114. The number of rotatable bonds is 4. The number of carbonyl (C=O) groups is 1. The third kappa shape index (κ3) is 3.51. The van der Waals surface area contributed by atoms with E-state index in [1.165, 1.54) is 12.5 Å². The first-order valence-corrected chi connectivity index (χ1v) is 10.7. The van der Waals surface area contributed by atoms with Gasteiger partial charge >= 0.3 is 0 Å². The summed E-state index contributed by atoms with van der Waals surface area (Å²) >= 11 is 6.31. The van der Waals surface area contributed by atoms with Crippen molar-refractivity contribution in [3.05, 3.63) is 72.1 Å². The van der Waals surface area contributed by atoms with Gasteiger partial charge in [0, 0.05) is 70.9 Å². The Morgan fingerprint density at radius 2 is 2.03 bits per heavy atom. The average Bonchev–Trinajstić information content (AvgIpc) is 3.32. The molecule has 6 heteroatoms. The molecule has 1 aliphatic heterocycles. The van der Waals surface area contributed by atoms with Crippen LogP contribution < -0.4 is 10.2 Å². The van der Waals surface area contributed by atoms with Crippen molar-refractivity contribution in [2.24, 2.45) is 0 Å². The van der Waals surface area contributed by atoms with Gasteiger partial charge in [0.05, 0.1) is 0 Å². The Morgan fingerprint density at radius 1 is 1.23 bits per heavy atom. The van der Waals surface area contributed by atoms with Crippen molar-refractivity contribution < 1.29 is 9.90 Å². The van der Waals surface area contributed by atoms with Crippen molar-refractivity contribution in [3.8, 4) is 5.75 Å². The van der Waals surface area contributed by atoms with Gasteiger partial charge in [0.25, 0.3) is 0 Å². The Labute approximate surface area is 184 Å². The van der Waals surface area contributed by atoms with E-state index in [4.69, 9.17) is 11.6 Å². The second kappa shape index (κ2) is 7.67. The van der Waals surface area contributed by atoms with Gasteiger partial charge in [-0.3, -0.25) is 4.79 Å². The molecule has 4 aromatic rings. The number of carbonyl (C=O) groups excluding carboxylic acids is 1. The first-order valence-electron chi connectivity index (χ1n) is 10.2. The summed E-state index contributed by atoms with van der Waals surface area (Å²) in [5.41, 5.74) is 4.90. The van der Waals surface area contributed by atoms with Crippen LogP contribution in [0.4, 0.5) is 11.4 Å². The maximum atomic E-state index is 11.3. The molecule has 1 aliphatic rings. The topological polar surface area (TPSA) is 68.4 Å². The minimum absolute atomic E-state index is 0.0904. The summed E-state index contributed by atoms with van der Waals surface area (Å²) in [6.45, 7) is 2.26. The molecule has 5 rings (SSSR count). The van der Waals surface area contributed by atoms with E-state index in [0.29, 0.717) is 5.88 Å². The van der Waals surface area contributed by atoms with Gasteiger partial charge in [-0.1, -0.05) is 24.3 Å². The maximum Gasteiger partial charge on any atom is 0.221 e. The molecule has 2 heterocycles. The molecule has 3 aromatic carbocycles. The molecular weight excluding hydrogens is 410 g/mol. The van der Waals surface area contributed by atoms with Crippen molar-refractivity contribution in [2.45, 2.75) is 12.8 Å². The number of fused-ring (bicyclic) bond motifs is 4. The van der Waals surface area contributed by atoms with E-state index < -0.39 is 0 Å². The highest BCUT2D eigenvalue weighted by molar-refractivity contribution is 6.18. The highest BCUT2D eigenvalue weighted by Gasteiger charge is 2.30. The fourth-order valence-electron chi connectivity index (χ4n) is 4.42. The zero-order valence-corrected chi connectivity index (χ0v) is 17.8. The maximum absolute atomic E-state index is 11.3. The standard InChI is InChI=1S/C25H22ClN3O2/c1-15(30)27-18-6-7-22-16(10-18)11-19(28-22)8-9-29-14-17(13-26)25-21-5-3-2-4-20(21)24(31)12-23(25)29/h2-12,17,28,31H,13-14H2,1H3,(H,27,30)/b9-8+. The summed E-state index contributed by atoms with van der Waals surface area (Å²) in [6, 6.07) is 17.6. The van der Waals surface area contributed by atoms with Crippen molar-refractivity contribution in [2.75, 3.05) is 22.6 Å². The number of hydrogen-bond acceptors (Lipinski definition) is 3. The number of anilines is 2. The van der Waals surface area contributed by atoms with E-state index in [0.717, 1.165) is 45.3 Å². The van der Waals surface area contributed by atoms with Crippen LogP contribution in [0.3, 0.4) is 0 Å². The minimum Gasteiger partial charge on any atom is -0.507 e. The Balaban J connectivity index is 1.49.